The third-order valence-electron chi connectivity index (χ3n) is 4.18. The van der Waals surface area contributed by atoms with E-state index < -0.39 is 17.3 Å². The molecule has 0 atom stereocenters. The zero-order valence-electron chi connectivity index (χ0n) is 14.0. The maximum atomic E-state index is 13.1. The highest BCUT2D eigenvalue weighted by Gasteiger charge is 2.30. The summed E-state index contributed by atoms with van der Waals surface area (Å²) >= 11 is 5.92. The summed E-state index contributed by atoms with van der Waals surface area (Å²) in [5.74, 6) is 0.161. The minimum atomic E-state index is -4.49. The number of hydrogen-bond acceptors (Lipinski definition) is 4. The summed E-state index contributed by atoms with van der Waals surface area (Å²) in [6.45, 7) is 0. The van der Waals surface area contributed by atoms with Gasteiger partial charge in [0.1, 0.15) is 11.2 Å². The van der Waals surface area contributed by atoms with Crippen molar-refractivity contribution in [3.05, 3.63) is 69.5 Å². The van der Waals surface area contributed by atoms with E-state index in [4.69, 9.17) is 17.3 Å². The van der Waals surface area contributed by atoms with Crippen LogP contribution in [0.25, 0.3) is 28.1 Å². The molecule has 2 aromatic carbocycles. The van der Waals surface area contributed by atoms with Crippen molar-refractivity contribution in [3.8, 4) is 17.1 Å². The number of H-pyrrole nitrogens is 1. The van der Waals surface area contributed by atoms with Gasteiger partial charge in [-0.1, -0.05) is 11.6 Å². The molecule has 0 bridgehead atoms. The second-order valence-corrected chi connectivity index (χ2v) is 6.40. The highest BCUT2D eigenvalue weighted by molar-refractivity contribution is 6.30. The van der Waals surface area contributed by atoms with E-state index >= 15 is 0 Å². The van der Waals surface area contributed by atoms with Crippen molar-refractivity contribution in [3.63, 3.8) is 0 Å². The summed E-state index contributed by atoms with van der Waals surface area (Å²) in [6.07, 6.45) is -4.49. The Morgan fingerprint density at radius 3 is 2.29 bits per heavy atom. The Bertz CT molecular complexity index is 1230. The third kappa shape index (κ3) is 2.99. The lowest BCUT2D eigenvalue weighted by Gasteiger charge is -2.14. The van der Waals surface area contributed by atoms with Gasteiger partial charge in [0.15, 0.2) is 11.5 Å². The first-order valence-corrected chi connectivity index (χ1v) is 8.33. The number of nitrogen functional groups attached to an aromatic ring is 1. The standard InChI is InChI=1S/C18H11ClF3N5O/c19-11-5-1-9(2-6-11)16-24-15-13(14(23)25-26-15)17(28)27(16)12-7-3-10(4-8-12)18(20,21)22/h1-8H,(H3,23,25,26). The Kier molecular flexibility index (Phi) is 4.11. The summed E-state index contributed by atoms with van der Waals surface area (Å²) < 4.78 is 39.8. The van der Waals surface area contributed by atoms with Gasteiger partial charge in [0.2, 0.25) is 0 Å². The average molecular weight is 406 g/mol. The molecule has 0 aliphatic rings. The van der Waals surface area contributed by atoms with Gasteiger partial charge in [0.05, 0.1) is 11.3 Å². The molecule has 0 unspecified atom stereocenters. The second-order valence-electron chi connectivity index (χ2n) is 5.96. The molecule has 6 nitrogen and oxygen atoms in total. The molecule has 0 aliphatic heterocycles. The summed E-state index contributed by atoms with van der Waals surface area (Å²) in [7, 11) is 0. The fourth-order valence-electron chi connectivity index (χ4n) is 2.83. The minimum absolute atomic E-state index is 0.0455. The van der Waals surface area contributed by atoms with Crippen LogP contribution in [-0.4, -0.2) is 19.7 Å². The maximum Gasteiger partial charge on any atom is 0.416 e. The maximum absolute atomic E-state index is 13.1. The SMILES string of the molecule is Nc1n[nH]c2nc(-c3ccc(Cl)cc3)n(-c3ccc(C(F)(F)F)cc3)c(=O)c12. The Balaban J connectivity index is 2.01. The number of nitrogens with one attached hydrogen (secondary N) is 1. The summed E-state index contributed by atoms with van der Waals surface area (Å²) in [5.41, 5.74) is 5.29. The smallest absolute Gasteiger partial charge is 0.381 e. The number of anilines is 1. The van der Waals surface area contributed by atoms with Gasteiger partial charge in [-0.25, -0.2) is 4.98 Å². The highest BCUT2D eigenvalue weighted by Crippen LogP contribution is 2.30. The Labute approximate surface area is 160 Å². The van der Waals surface area contributed by atoms with E-state index in [-0.39, 0.29) is 28.4 Å². The van der Waals surface area contributed by atoms with Gasteiger partial charge < -0.3 is 5.73 Å². The van der Waals surface area contributed by atoms with Crippen molar-refractivity contribution >= 4 is 28.5 Å². The number of alkyl halides is 3. The lowest BCUT2D eigenvalue weighted by atomic mass is 10.1. The Morgan fingerprint density at radius 1 is 1.04 bits per heavy atom. The van der Waals surface area contributed by atoms with Gasteiger partial charge in [-0.2, -0.15) is 18.3 Å². The zero-order valence-corrected chi connectivity index (χ0v) is 14.7. The Morgan fingerprint density at radius 2 is 1.68 bits per heavy atom. The lowest BCUT2D eigenvalue weighted by Crippen LogP contribution is -2.22. The van der Waals surface area contributed by atoms with Gasteiger partial charge in [-0.15, -0.1) is 0 Å². The molecular formula is C18H11ClF3N5O. The zero-order chi connectivity index (χ0) is 20.1. The number of hydrogen-bond donors (Lipinski definition) is 2. The first-order valence-electron chi connectivity index (χ1n) is 7.96. The first-order chi connectivity index (χ1) is 13.3. The molecule has 4 aromatic rings. The second kappa shape index (κ2) is 6.38. The van der Waals surface area contributed by atoms with E-state index in [9.17, 15) is 18.0 Å². The van der Waals surface area contributed by atoms with Crippen molar-refractivity contribution in [2.75, 3.05) is 5.73 Å². The van der Waals surface area contributed by atoms with Crippen LogP contribution in [0.3, 0.4) is 0 Å². The van der Waals surface area contributed by atoms with Crippen molar-refractivity contribution in [2.24, 2.45) is 0 Å². The number of fused-ring (bicyclic) bond motifs is 1. The minimum Gasteiger partial charge on any atom is -0.381 e. The van der Waals surface area contributed by atoms with Crippen molar-refractivity contribution < 1.29 is 13.2 Å². The van der Waals surface area contributed by atoms with Crippen LogP contribution in [0.4, 0.5) is 19.0 Å². The van der Waals surface area contributed by atoms with E-state index in [2.05, 4.69) is 15.2 Å². The van der Waals surface area contributed by atoms with Crippen LogP contribution in [-0.2, 0) is 6.18 Å². The summed E-state index contributed by atoms with van der Waals surface area (Å²) in [4.78, 5) is 17.5. The van der Waals surface area contributed by atoms with Crippen LogP contribution in [0, 0.1) is 0 Å². The fraction of sp³-hybridized carbons (Fsp3) is 0.0556. The van der Waals surface area contributed by atoms with E-state index in [0.717, 1.165) is 12.1 Å². The van der Waals surface area contributed by atoms with Gasteiger partial charge in [0.25, 0.3) is 5.56 Å². The molecular weight excluding hydrogens is 395 g/mol. The monoisotopic (exact) mass is 405 g/mol. The van der Waals surface area contributed by atoms with Gasteiger partial charge in [-0.05, 0) is 48.5 Å². The molecule has 0 aliphatic carbocycles. The molecule has 142 valence electrons. The van der Waals surface area contributed by atoms with Crippen LogP contribution >= 0.6 is 11.6 Å². The molecule has 3 N–H and O–H groups in total. The van der Waals surface area contributed by atoms with Gasteiger partial charge in [0, 0.05) is 10.6 Å². The molecule has 28 heavy (non-hydrogen) atoms. The summed E-state index contributed by atoms with van der Waals surface area (Å²) in [6, 6.07) is 10.7. The molecule has 0 saturated carbocycles. The highest BCUT2D eigenvalue weighted by atomic mass is 35.5. The van der Waals surface area contributed by atoms with Crippen LogP contribution < -0.4 is 11.3 Å². The number of halogens is 4. The predicted octanol–water partition coefficient (Wildman–Crippen LogP) is 4.03. The molecule has 0 spiro atoms. The number of nitrogens with zero attached hydrogens (tertiary/aromatic N) is 3. The van der Waals surface area contributed by atoms with E-state index in [1.807, 2.05) is 0 Å². The van der Waals surface area contributed by atoms with Crippen molar-refractivity contribution in [1.29, 1.82) is 0 Å². The van der Waals surface area contributed by atoms with Crippen molar-refractivity contribution in [1.82, 2.24) is 19.7 Å². The molecule has 2 heterocycles. The number of rotatable bonds is 2. The normalized spacial score (nSPS) is 11.9. The topological polar surface area (TPSA) is 89.6 Å². The summed E-state index contributed by atoms with van der Waals surface area (Å²) in [5, 5.41) is 6.92. The number of nitrogens with two attached hydrogens (primary N) is 1. The molecule has 0 saturated heterocycles. The molecule has 2 aromatic heterocycles. The van der Waals surface area contributed by atoms with E-state index in [0.29, 0.717) is 10.6 Å². The van der Waals surface area contributed by atoms with E-state index in [1.54, 1.807) is 24.3 Å². The number of aromatic nitrogens is 4. The fourth-order valence-corrected chi connectivity index (χ4v) is 2.96. The van der Waals surface area contributed by atoms with E-state index in [1.165, 1.54) is 16.7 Å². The first kappa shape index (κ1) is 18.1. The van der Waals surface area contributed by atoms with Gasteiger partial charge in [-0.3, -0.25) is 14.5 Å². The van der Waals surface area contributed by atoms with Crippen LogP contribution in [0.15, 0.2) is 53.3 Å². The lowest BCUT2D eigenvalue weighted by molar-refractivity contribution is -0.137. The molecule has 4 rings (SSSR count). The largest absolute Gasteiger partial charge is 0.416 e. The van der Waals surface area contributed by atoms with Crippen molar-refractivity contribution in [2.45, 2.75) is 6.18 Å². The molecule has 10 heteroatoms. The molecule has 0 amide bonds. The number of benzene rings is 2. The van der Waals surface area contributed by atoms with Crippen LogP contribution in [0.2, 0.25) is 5.02 Å². The third-order valence-corrected chi connectivity index (χ3v) is 4.43. The Hall–Kier alpha value is -3.33. The van der Waals surface area contributed by atoms with Crippen LogP contribution in [0.1, 0.15) is 5.56 Å². The quantitative estimate of drug-likeness (QED) is 0.527. The molecule has 0 fully saturated rings. The number of aromatic amines is 1. The molecule has 0 radical (unpaired) electrons. The average Bonchev–Trinajstić information content (AvgIpc) is 3.03. The van der Waals surface area contributed by atoms with Crippen LogP contribution in [0.5, 0.6) is 0 Å². The predicted molar refractivity (Wildman–Crippen MR) is 99.3 cm³/mol. The van der Waals surface area contributed by atoms with Gasteiger partial charge >= 0.3 is 6.18 Å².